The number of carboxylic acid groups (broad SMARTS) is 1. The zero-order valence-electron chi connectivity index (χ0n) is 11.4. The second-order valence-corrected chi connectivity index (χ2v) is 4.59. The van der Waals surface area contributed by atoms with Gasteiger partial charge in [-0.15, -0.1) is 0 Å². The van der Waals surface area contributed by atoms with Crippen LogP contribution >= 0.6 is 0 Å². The molecule has 0 aromatic carbocycles. The summed E-state index contributed by atoms with van der Waals surface area (Å²) in [7, 11) is 1.59. The van der Waals surface area contributed by atoms with Gasteiger partial charge < -0.3 is 19.7 Å². The number of urea groups is 1. The highest BCUT2D eigenvalue weighted by Gasteiger charge is 2.26. The van der Waals surface area contributed by atoms with Crippen LogP contribution in [0.2, 0.25) is 0 Å². The monoisotopic (exact) mass is 268 g/mol. The zero-order chi connectivity index (χ0) is 14.4. The Kier molecular flexibility index (Phi) is 5.41. The van der Waals surface area contributed by atoms with E-state index in [2.05, 4.69) is 5.32 Å². The van der Waals surface area contributed by atoms with E-state index in [1.165, 1.54) is 11.2 Å². The predicted molar refractivity (Wildman–Crippen MR) is 69.6 cm³/mol. The second kappa shape index (κ2) is 6.82. The number of aliphatic carboxylic acids is 1. The molecule has 1 aromatic rings. The molecule has 6 nitrogen and oxygen atoms in total. The molecule has 0 saturated heterocycles. The Morgan fingerprint density at radius 1 is 1.53 bits per heavy atom. The van der Waals surface area contributed by atoms with Crippen LogP contribution in [0.3, 0.4) is 0 Å². The van der Waals surface area contributed by atoms with E-state index < -0.39 is 18.0 Å². The summed E-state index contributed by atoms with van der Waals surface area (Å²) in [5.74, 6) is -0.499. The molecule has 0 aliphatic carbocycles. The van der Waals surface area contributed by atoms with Crippen LogP contribution in [-0.2, 0) is 11.3 Å². The van der Waals surface area contributed by atoms with Crippen molar-refractivity contribution in [3.05, 3.63) is 24.2 Å². The molecule has 0 aliphatic heterocycles. The number of furan rings is 1. The quantitative estimate of drug-likeness (QED) is 0.825. The normalized spacial score (nSPS) is 13.6. The summed E-state index contributed by atoms with van der Waals surface area (Å²) in [5.41, 5.74) is 0. The molecule has 0 spiro atoms. The lowest BCUT2D eigenvalue weighted by Crippen LogP contribution is -2.49. The van der Waals surface area contributed by atoms with E-state index >= 15 is 0 Å². The van der Waals surface area contributed by atoms with Gasteiger partial charge in [0, 0.05) is 7.05 Å². The third-order valence-electron chi connectivity index (χ3n) is 3.08. The fraction of sp³-hybridized carbons (Fsp3) is 0.538. The van der Waals surface area contributed by atoms with Gasteiger partial charge in [-0.2, -0.15) is 0 Å². The Morgan fingerprint density at radius 3 is 2.68 bits per heavy atom. The van der Waals surface area contributed by atoms with E-state index in [0.29, 0.717) is 18.7 Å². The molecule has 2 amide bonds. The van der Waals surface area contributed by atoms with Gasteiger partial charge >= 0.3 is 12.0 Å². The molecule has 1 aromatic heterocycles. The lowest BCUT2D eigenvalue weighted by molar-refractivity contribution is -0.140. The number of nitrogens with zero attached hydrogens (tertiary/aromatic N) is 1. The van der Waals surface area contributed by atoms with Gasteiger partial charge in [0.05, 0.1) is 12.8 Å². The SMILES string of the molecule is CCC(C)C(NC(=O)N(C)Cc1ccco1)C(=O)O. The average Bonchev–Trinajstić information content (AvgIpc) is 2.86. The number of nitrogens with one attached hydrogen (secondary N) is 1. The van der Waals surface area contributed by atoms with Crippen LogP contribution in [0.1, 0.15) is 26.0 Å². The van der Waals surface area contributed by atoms with Crippen molar-refractivity contribution in [1.82, 2.24) is 10.2 Å². The molecular formula is C13H20N2O4. The molecule has 2 N–H and O–H groups in total. The van der Waals surface area contributed by atoms with Crippen molar-refractivity contribution in [2.45, 2.75) is 32.9 Å². The smallest absolute Gasteiger partial charge is 0.326 e. The number of carbonyl (C=O) groups excluding carboxylic acids is 1. The minimum Gasteiger partial charge on any atom is -0.480 e. The first-order chi connectivity index (χ1) is 8.95. The van der Waals surface area contributed by atoms with Crippen LogP contribution in [-0.4, -0.2) is 35.1 Å². The Morgan fingerprint density at radius 2 is 2.21 bits per heavy atom. The Bertz CT molecular complexity index is 416. The van der Waals surface area contributed by atoms with Gasteiger partial charge in [-0.25, -0.2) is 9.59 Å². The van der Waals surface area contributed by atoms with Crippen LogP contribution in [0.4, 0.5) is 4.79 Å². The molecule has 2 atom stereocenters. The molecule has 2 unspecified atom stereocenters. The molecule has 0 bridgehead atoms. The summed E-state index contributed by atoms with van der Waals surface area (Å²) < 4.78 is 5.14. The van der Waals surface area contributed by atoms with Crippen molar-refractivity contribution in [3.63, 3.8) is 0 Å². The molecule has 0 fully saturated rings. The van der Waals surface area contributed by atoms with Gasteiger partial charge in [-0.3, -0.25) is 0 Å². The minimum atomic E-state index is -1.02. The van der Waals surface area contributed by atoms with Crippen LogP contribution < -0.4 is 5.32 Å². The van der Waals surface area contributed by atoms with Crippen molar-refractivity contribution < 1.29 is 19.1 Å². The van der Waals surface area contributed by atoms with Gasteiger partial charge in [-0.1, -0.05) is 20.3 Å². The zero-order valence-corrected chi connectivity index (χ0v) is 11.4. The molecule has 0 radical (unpaired) electrons. The molecule has 1 rings (SSSR count). The highest BCUT2D eigenvalue weighted by molar-refractivity contribution is 5.82. The predicted octanol–water partition coefficient (Wildman–Crippen LogP) is 1.92. The molecule has 19 heavy (non-hydrogen) atoms. The standard InChI is InChI=1S/C13H20N2O4/c1-4-9(2)11(12(16)17)14-13(18)15(3)8-10-6-5-7-19-10/h5-7,9,11H,4,8H2,1-3H3,(H,14,18)(H,16,17). The molecule has 0 aliphatic rings. The Balaban J connectivity index is 2.58. The first kappa shape index (κ1) is 15.1. The number of carbonyl (C=O) groups is 2. The van der Waals surface area contributed by atoms with Crippen molar-refractivity contribution in [1.29, 1.82) is 0 Å². The first-order valence-corrected chi connectivity index (χ1v) is 6.22. The van der Waals surface area contributed by atoms with Crippen LogP contribution in [0.25, 0.3) is 0 Å². The van der Waals surface area contributed by atoms with Crippen molar-refractivity contribution in [2.24, 2.45) is 5.92 Å². The maximum Gasteiger partial charge on any atom is 0.326 e. The van der Waals surface area contributed by atoms with E-state index in [-0.39, 0.29) is 5.92 Å². The number of hydrogen-bond donors (Lipinski definition) is 2. The lowest BCUT2D eigenvalue weighted by atomic mass is 9.99. The van der Waals surface area contributed by atoms with E-state index in [1.807, 2.05) is 6.92 Å². The molecule has 1 heterocycles. The van der Waals surface area contributed by atoms with Crippen LogP contribution in [0.5, 0.6) is 0 Å². The van der Waals surface area contributed by atoms with Gasteiger partial charge in [0.25, 0.3) is 0 Å². The van der Waals surface area contributed by atoms with Crippen LogP contribution in [0, 0.1) is 5.92 Å². The van der Waals surface area contributed by atoms with Crippen molar-refractivity contribution in [2.75, 3.05) is 7.05 Å². The summed E-state index contributed by atoms with van der Waals surface area (Å²) in [6.07, 6.45) is 2.21. The first-order valence-electron chi connectivity index (χ1n) is 6.22. The summed E-state index contributed by atoms with van der Waals surface area (Å²) >= 11 is 0. The third-order valence-corrected chi connectivity index (χ3v) is 3.08. The Labute approximate surface area is 112 Å². The minimum absolute atomic E-state index is 0.126. The number of carboxylic acids is 1. The van der Waals surface area contributed by atoms with Crippen molar-refractivity contribution in [3.8, 4) is 0 Å². The summed E-state index contributed by atoms with van der Waals surface area (Å²) in [5, 5.41) is 11.6. The fourth-order valence-electron chi connectivity index (χ4n) is 1.63. The maximum absolute atomic E-state index is 11.9. The van der Waals surface area contributed by atoms with E-state index in [9.17, 15) is 9.59 Å². The highest BCUT2D eigenvalue weighted by atomic mass is 16.4. The topological polar surface area (TPSA) is 82.8 Å². The number of amides is 2. The second-order valence-electron chi connectivity index (χ2n) is 4.59. The highest BCUT2D eigenvalue weighted by Crippen LogP contribution is 2.09. The molecule has 6 heteroatoms. The van der Waals surface area contributed by atoms with Gasteiger partial charge in [0.15, 0.2) is 0 Å². The number of hydrogen-bond acceptors (Lipinski definition) is 3. The van der Waals surface area contributed by atoms with E-state index in [4.69, 9.17) is 9.52 Å². The summed E-state index contributed by atoms with van der Waals surface area (Å²) in [6.45, 7) is 3.98. The number of rotatable bonds is 6. The van der Waals surface area contributed by atoms with Crippen molar-refractivity contribution >= 4 is 12.0 Å². The van der Waals surface area contributed by atoms with Crippen LogP contribution in [0.15, 0.2) is 22.8 Å². The van der Waals surface area contributed by atoms with E-state index in [0.717, 1.165) is 0 Å². The maximum atomic E-state index is 11.9. The largest absolute Gasteiger partial charge is 0.480 e. The molecular weight excluding hydrogens is 248 g/mol. The average molecular weight is 268 g/mol. The molecule has 106 valence electrons. The van der Waals surface area contributed by atoms with Gasteiger partial charge in [0.1, 0.15) is 11.8 Å². The van der Waals surface area contributed by atoms with Gasteiger partial charge in [0.2, 0.25) is 0 Å². The third kappa shape index (κ3) is 4.31. The summed E-state index contributed by atoms with van der Waals surface area (Å²) in [6, 6.07) is 2.19. The molecule has 0 saturated carbocycles. The Hall–Kier alpha value is -1.98. The van der Waals surface area contributed by atoms with Gasteiger partial charge in [-0.05, 0) is 18.1 Å². The summed E-state index contributed by atoms with van der Waals surface area (Å²) in [4.78, 5) is 24.4. The fourth-order valence-corrected chi connectivity index (χ4v) is 1.63. The lowest BCUT2D eigenvalue weighted by Gasteiger charge is -2.24. The van der Waals surface area contributed by atoms with E-state index in [1.54, 1.807) is 26.1 Å².